The van der Waals surface area contributed by atoms with E-state index in [1.54, 1.807) is 18.2 Å². The lowest BCUT2D eigenvalue weighted by Crippen LogP contribution is -2.43. The highest BCUT2D eigenvalue weighted by Gasteiger charge is 2.27. The minimum Gasteiger partial charge on any atom is -0.478 e. The second-order valence-electron chi connectivity index (χ2n) is 6.40. The molecule has 1 aromatic rings. The van der Waals surface area contributed by atoms with Gasteiger partial charge in [0.2, 0.25) is 5.91 Å². The SMILES string of the molecule is CC1CCCC(NC(=O)CCc2ccccc2C(=O)O)C1C. The molecule has 0 spiro atoms. The van der Waals surface area contributed by atoms with Gasteiger partial charge in [-0.25, -0.2) is 4.79 Å². The zero-order valence-electron chi connectivity index (χ0n) is 13.3. The van der Waals surface area contributed by atoms with Crippen molar-refractivity contribution in [2.75, 3.05) is 0 Å². The normalized spacial score (nSPS) is 24.7. The van der Waals surface area contributed by atoms with Crippen LogP contribution in [0.1, 0.15) is 55.5 Å². The third-order valence-corrected chi connectivity index (χ3v) is 4.92. The maximum absolute atomic E-state index is 12.2. The quantitative estimate of drug-likeness (QED) is 0.877. The minimum absolute atomic E-state index is 0.0196. The minimum atomic E-state index is -0.939. The molecule has 3 atom stereocenters. The lowest BCUT2D eigenvalue weighted by molar-refractivity contribution is -0.122. The summed E-state index contributed by atoms with van der Waals surface area (Å²) < 4.78 is 0. The van der Waals surface area contributed by atoms with Crippen LogP contribution in [0.5, 0.6) is 0 Å². The van der Waals surface area contributed by atoms with Crippen molar-refractivity contribution in [3.63, 3.8) is 0 Å². The van der Waals surface area contributed by atoms with Crippen molar-refractivity contribution in [1.82, 2.24) is 5.32 Å². The number of aryl methyl sites for hydroxylation is 1. The Morgan fingerprint density at radius 2 is 1.95 bits per heavy atom. The Labute approximate surface area is 131 Å². The molecule has 1 amide bonds. The van der Waals surface area contributed by atoms with Crippen LogP contribution in [0, 0.1) is 11.8 Å². The van der Waals surface area contributed by atoms with Crippen LogP contribution in [0.3, 0.4) is 0 Å². The van der Waals surface area contributed by atoms with Gasteiger partial charge in [0.1, 0.15) is 0 Å². The molecule has 0 aliphatic heterocycles. The summed E-state index contributed by atoms with van der Waals surface area (Å²) in [5.41, 5.74) is 1.00. The van der Waals surface area contributed by atoms with E-state index >= 15 is 0 Å². The average Bonchev–Trinajstić information content (AvgIpc) is 2.50. The van der Waals surface area contributed by atoms with Crippen LogP contribution < -0.4 is 5.32 Å². The van der Waals surface area contributed by atoms with Gasteiger partial charge in [-0.3, -0.25) is 4.79 Å². The molecule has 0 bridgehead atoms. The second kappa shape index (κ2) is 7.43. The fourth-order valence-electron chi connectivity index (χ4n) is 3.26. The Kier molecular flexibility index (Phi) is 5.58. The number of carbonyl (C=O) groups excluding carboxylic acids is 1. The summed E-state index contributed by atoms with van der Waals surface area (Å²) in [7, 11) is 0. The number of rotatable bonds is 5. The highest BCUT2D eigenvalue weighted by atomic mass is 16.4. The number of amides is 1. The molecule has 4 nitrogen and oxygen atoms in total. The van der Waals surface area contributed by atoms with Crippen molar-refractivity contribution in [3.05, 3.63) is 35.4 Å². The molecule has 22 heavy (non-hydrogen) atoms. The van der Waals surface area contributed by atoms with E-state index in [1.165, 1.54) is 6.42 Å². The number of hydrogen-bond acceptors (Lipinski definition) is 2. The van der Waals surface area contributed by atoms with Crippen molar-refractivity contribution in [2.24, 2.45) is 11.8 Å². The third-order valence-electron chi connectivity index (χ3n) is 4.92. The van der Waals surface area contributed by atoms with E-state index in [4.69, 9.17) is 5.11 Å². The van der Waals surface area contributed by atoms with Crippen LogP contribution >= 0.6 is 0 Å². The monoisotopic (exact) mass is 303 g/mol. The van der Waals surface area contributed by atoms with Crippen LogP contribution in [0.15, 0.2) is 24.3 Å². The van der Waals surface area contributed by atoms with Crippen molar-refractivity contribution in [1.29, 1.82) is 0 Å². The Balaban J connectivity index is 1.89. The van der Waals surface area contributed by atoms with E-state index in [2.05, 4.69) is 19.2 Å². The molecule has 0 aromatic heterocycles. The van der Waals surface area contributed by atoms with Crippen LogP contribution in [-0.2, 0) is 11.2 Å². The molecule has 1 fully saturated rings. The molecule has 2 rings (SSSR count). The van der Waals surface area contributed by atoms with Gasteiger partial charge in [-0.1, -0.05) is 44.9 Å². The lowest BCUT2D eigenvalue weighted by Gasteiger charge is -2.34. The highest BCUT2D eigenvalue weighted by Crippen LogP contribution is 2.29. The smallest absolute Gasteiger partial charge is 0.335 e. The van der Waals surface area contributed by atoms with Gasteiger partial charge in [-0.15, -0.1) is 0 Å². The maximum Gasteiger partial charge on any atom is 0.335 e. The molecule has 3 unspecified atom stereocenters. The van der Waals surface area contributed by atoms with Crippen molar-refractivity contribution in [3.8, 4) is 0 Å². The van der Waals surface area contributed by atoms with Crippen LogP contribution in [-0.4, -0.2) is 23.0 Å². The van der Waals surface area contributed by atoms with Crippen molar-refractivity contribution < 1.29 is 14.7 Å². The maximum atomic E-state index is 12.2. The van der Waals surface area contributed by atoms with Gasteiger partial charge in [-0.05, 0) is 36.3 Å². The number of carboxylic acid groups (broad SMARTS) is 1. The molecule has 1 aromatic carbocycles. The fourth-order valence-corrected chi connectivity index (χ4v) is 3.26. The highest BCUT2D eigenvalue weighted by molar-refractivity contribution is 5.89. The average molecular weight is 303 g/mol. The number of carboxylic acids is 1. The van der Waals surface area contributed by atoms with Gasteiger partial charge in [-0.2, -0.15) is 0 Å². The number of benzene rings is 1. The van der Waals surface area contributed by atoms with Gasteiger partial charge >= 0.3 is 5.97 Å². The number of nitrogens with one attached hydrogen (secondary N) is 1. The van der Waals surface area contributed by atoms with E-state index in [-0.39, 0.29) is 17.5 Å². The first kappa shape index (κ1) is 16.5. The zero-order chi connectivity index (χ0) is 16.1. The van der Waals surface area contributed by atoms with Crippen molar-refractivity contribution >= 4 is 11.9 Å². The molecule has 1 aliphatic carbocycles. The molecule has 1 saturated carbocycles. The fraction of sp³-hybridized carbons (Fsp3) is 0.556. The molecule has 0 heterocycles. The van der Waals surface area contributed by atoms with Gasteiger partial charge in [0.15, 0.2) is 0 Å². The predicted molar refractivity (Wildman–Crippen MR) is 85.8 cm³/mol. The number of hydrogen-bond donors (Lipinski definition) is 2. The van der Waals surface area contributed by atoms with E-state index in [9.17, 15) is 9.59 Å². The van der Waals surface area contributed by atoms with Gasteiger partial charge < -0.3 is 10.4 Å². The molecular formula is C18H25NO3. The first-order chi connectivity index (χ1) is 10.5. The van der Waals surface area contributed by atoms with Crippen molar-refractivity contribution in [2.45, 2.75) is 52.0 Å². The first-order valence-corrected chi connectivity index (χ1v) is 8.09. The Morgan fingerprint density at radius 1 is 1.23 bits per heavy atom. The largest absolute Gasteiger partial charge is 0.478 e. The Bertz CT molecular complexity index is 541. The molecular weight excluding hydrogens is 278 g/mol. The summed E-state index contributed by atoms with van der Waals surface area (Å²) >= 11 is 0. The molecule has 120 valence electrons. The summed E-state index contributed by atoms with van der Waals surface area (Å²) in [6, 6.07) is 7.14. The van der Waals surface area contributed by atoms with Gasteiger partial charge in [0.25, 0.3) is 0 Å². The zero-order valence-corrected chi connectivity index (χ0v) is 13.3. The van der Waals surface area contributed by atoms with E-state index in [0.717, 1.165) is 18.4 Å². The Hall–Kier alpha value is -1.84. The van der Waals surface area contributed by atoms with E-state index in [0.29, 0.717) is 24.7 Å². The van der Waals surface area contributed by atoms with Gasteiger partial charge in [0.05, 0.1) is 5.56 Å². The first-order valence-electron chi connectivity index (χ1n) is 8.09. The molecule has 1 aliphatic rings. The standard InChI is InChI=1S/C18H25NO3/c1-12-6-5-9-16(13(12)2)19-17(20)11-10-14-7-3-4-8-15(14)18(21)22/h3-4,7-8,12-13,16H,5-6,9-11H2,1-2H3,(H,19,20)(H,21,22). The topological polar surface area (TPSA) is 66.4 Å². The summed E-state index contributed by atoms with van der Waals surface area (Å²) in [6.07, 6.45) is 4.24. The van der Waals surface area contributed by atoms with E-state index in [1.807, 2.05) is 6.07 Å². The molecule has 0 saturated heterocycles. The van der Waals surface area contributed by atoms with Gasteiger partial charge in [0, 0.05) is 12.5 Å². The molecule has 4 heteroatoms. The van der Waals surface area contributed by atoms with Crippen LogP contribution in [0.25, 0.3) is 0 Å². The predicted octanol–water partition coefficient (Wildman–Crippen LogP) is 3.26. The summed E-state index contributed by atoms with van der Waals surface area (Å²) in [4.78, 5) is 23.3. The number of carbonyl (C=O) groups is 2. The van der Waals surface area contributed by atoms with Crippen LogP contribution in [0.4, 0.5) is 0 Å². The number of aromatic carboxylic acids is 1. The van der Waals surface area contributed by atoms with Crippen LogP contribution in [0.2, 0.25) is 0 Å². The summed E-state index contributed by atoms with van der Waals surface area (Å²) in [5, 5.41) is 12.3. The third kappa shape index (κ3) is 4.09. The lowest BCUT2D eigenvalue weighted by atomic mass is 9.78. The summed E-state index contributed by atoms with van der Waals surface area (Å²) in [5.74, 6) is 0.229. The summed E-state index contributed by atoms with van der Waals surface area (Å²) in [6.45, 7) is 4.45. The second-order valence-corrected chi connectivity index (χ2v) is 6.40. The molecule has 2 N–H and O–H groups in total. The Morgan fingerprint density at radius 3 is 2.68 bits per heavy atom. The molecule has 0 radical (unpaired) electrons. The van der Waals surface area contributed by atoms with E-state index < -0.39 is 5.97 Å².